The maximum Gasteiger partial charge on any atom is 0.0352 e. The second-order valence-corrected chi connectivity index (χ2v) is 7.43. The van der Waals surface area contributed by atoms with Crippen LogP contribution < -0.4 is 11.1 Å². The van der Waals surface area contributed by atoms with Crippen LogP contribution in [0.4, 0.5) is 0 Å². The molecule has 24 heavy (non-hydrogen) atoms. The van der Waals surface area contributed by atoms with Crippen molar-refractivity contribution >= 4 is 10.8 Å². The molecule has 0 aliphatic carbocycles. The Morgan fingerprint density at radius 3 is 2.54 bits per heavy atom. The van der Waals surface area contributed by atoms with Crippen LogP contribution in [-0.2, 0) is 12.1 Å². The predicted octanol–water partition coefficient (Wildman–Crippen LogP) is 4.27. The standard InChI is InChI=1S/C22H24N2/c1-22(2,23)19-9-10-20-18(12-19)13-24-14-21(20)17-8-7-15-5-3-4-6-16(15)11-17/h3-12,21,24H,13-14,23H2,1-2H3. The van der Waals surface area contributed by atoms with Crippen LogP contribution in [0.5, 0.6) is 0 Å². The number of fused-ring (bicyclic) bond motifs is 2. The number of hydrogen-bond donors (Lipinski definition) is 2. The number of hydrogen-bond acceptors (Lipinski definition) is 2. The van der Waals surface area contributed by atoms with Crippen LogP contribution in [0.15, 0.2) is 60.7 Å². The molecule has 3 aromatic carbocycles. The van der Waals surface area contributed by atoms with Crippen molar-refractivity contribution in [1.82, 2.24) is 5.32 Å². The topological polar surface area (TPSA) is 38.0 Å². The maximum atomic E-state index is 6.28. The molecule has 0 saturated carbocycles. The van der Waals surface area contributed by atoms with Crippen LogP contribution in [0.2, 0.25) is 0 Å². The maximum absolute atomic E-state index is 6.28. The third kappa shape index (κ3) is 2.72. The molecule has 3 aromatic rings. The van der Waals surface area contributed by atoms with E-state index in [0.29, 0.717) is 5.92 Å². The SMILES string of the molecule is CC(C)(N)c1ccc2c(c1)CNCC2c1ccc2ccccc2c1. The van der Waals surface area contributed by atoms with Gasteiger partial charge in [0.2, 0.25) is 0 Å². The number of rotatable bonds is 2. The van der Waals surface area contributed by atoms with E-state index in [1.54, 1.807) is 0 Å². The minimum atomic E-state index is -0.301. The molecule has 1 atom stereocenters. The van der Waals surface area contributed by atoms with E-state index in [0.717, 1.165) is 13.1 Å². The molecule has 3 N–H and O–H groups in total. The van der Waals surface area contributed by atoms with Crippen LogP contribution >= 0.6 is 0 Å². The summed E-state index contributed by atoms with van der Waals surface area (Å²) in [6.07, 6.45) is 0. The van der Waals surface area contributed by atoms with Crippen molar-refractivity contribution in [2.24, 2.45) is 5.73 Å². The van der Waals surface area contributed by atoms with Crippen LogP contribution in [0.1, 0.15) is 42.0 Å². The summed E-state index contributed by atoms with van der Waals surface area (Å²) in [5.41, 5.74) is 11.3. The van der Waals surface area contributed by atoms with Gasteiger partial charge < -0.3 is 11.1 Å². The molecule has 122 valence electrons. The third-order valence-electron chi connectivity index (χ3n) is 5.10. The quantitative estimate of drug-likeness (QED) is 0.741. The van der Waals surface area contributed by atoms with Crippen molar-refractivity contribution < 1.29 is 0 Å². The third-order valence-corrected chi connectivity index (χ3v) is 5.10. The molecule has 2 heteroatoms. The highest BCUT2D eigenvalue weighted by atomic mass is 14.9. The first-order chi connectivity index (χ1) is 11.5. The van der Waals surface area contributed by atoms with Crippen molar-refractivity contribution in [3.63, 3.8) is 0 Å². The van der Waals surface area contributed by atoms with E-state index in [-0.39, 0.29) is 5.54 Å². The molecule has 4 rings (SSSR count). The van der Waals surface area contributed by atoms with Crippen molar-refractivity contribution in [2.75, 3.05) is 6.54 Å². The van der Waals surface area contributed by atoms with Gasteiger partial charge in [0.25, 0.3) is 0 Å². The Bertz CT molecular complexity index is 890. The Balaban J connectivity index is 1.78. The minimum absolute atomic E-state index is 0.301. The fraction of sp³-hybridized carbons (Fsp3) is 0.273. The Labute approximate surface area is 143 Å². The summed E-state index contributed by atoms with van der Waals surface area (Å²) in [4.78, 5) is 0. The van der Waals surface area contributed by atoms with Crippen molar-refractivity contribution in [3.05, 3.63) is 82.9 Å². The van der Waals surface area contributed by atoms with Gasteiger partial charge in [0, 0.05) is 24.5 Å². The van der Waals surface area contributed by atoms with E-state index < -0.39 is 0 Å². The summed E-state index contributed by atoms with van der Waals surface area (Å²) in [6.45, 7) is 6.03. The zero-order valence-corrected chi connectivity index (χ0v) is 14.3. The van der Waals surface area contributed by atoms with Gasteiger partial charge in [-0.2, -0.15) is 0 Å². The van der Waals surface area contributed by atoms with E-state index in [4.69, 9.17) is 5.73 Å². The van der Waals surface area contributed by atoms with E-state index >= 15 is 0 Å². The van der Waals surface area contributed by atoms with Gasteiger partial charge in [-0.15, -0.1) is 0 Å². The number of nitrogens with two attached hydrogens (primary N) is 1. The van der Waals surface area contributed by atoms with Gasteiger partial charge in [-0.3, -0.25) is 0 Å². The highest BCUT2D eigenvalue weighted by Crippen LogP contribution is 2.33. The predicted molar refractivity (Wildman–Crippen MR) is 101 cm³/mol. The molecule has 0 spiro atoms. The highest BCUT2D eigenvalue weighted by Gasteiger charge is 2.24. The van der Waals surface area contributed by atoms with E-state index in [1.807, 2.05) is 0 Å². The Morgan fingerprint density at radius 2 is 1.75 bits per heavy atom. The zero-order chi connectivity index (χ0) is 16.7. The molecule has 0 bridgehead atoms. The molecule has 1 aliphatic rings. The summed E-state index contributed by atoms with van der Waals surface area (Å²) in [5, 5.41) is 6.18. The van der Waals surface area contributed by atoms with E-state index in [9.17, 15) is 0 Å². The molecule has 2 nitrogen and oxygen atoms in total. The Hall–Kier alpha value is -2.16. The summed E-state index contributed by atoms with van der Waals surface area (Å²) < 4.78 is 0. The summed E-state index contributed by atoms with van der Waals surface area (Å²) in [5.74, 6) is 0.397. The second kappa shape index (κ2) is 5.73. The summed E-state index contributed by atoms with van der Waals surface area (Å²) >= 11 is 0. The van der Waals surface area contributed by atoms with Crippen LogP contribution in [0, 0.1) is 0 Å². The van der Waals surface area contributed by atoms with Gasteiger partial charge in [0.15, 0.2) is 0 Å². The highest BCUT2D eigenvalue weighted by molar-refractivity contribution is 5.83. The van der Waals surface area contributed by atoms with Gasteiger partial charge in [0.05, 0.1) is 0 Å². The second-order valence-electron chi connectivity index (χ2n) is 7.43. The molecular formula is C22H24N2. The van der Waals surface area contributed by atoms with Crippen molar-refractivity contribution in [1.29, 1.82) is 0 Å². The molecule has 0 radical (unpaired) electrons. The minimum Gasteiger partial charge on any atom is -0.322 e. The van der Waals surface area contributed by atoms with E-state index in [1.165, 1.54) is 33.0 Å². The molecule has 1 heterocycles. The fourth-order valence-corrected chi connectivity index (χ4v) is 3.68. The molecule has 1 aliphatic heterocycles. The van der Waals surface area contributed by atoms with Gasteiger partial charge in [-0.25, -0.2) is 0 Å². The number of benzene rings is 3. The lowest BCUT2D eigenvalue weighted by molar-refractivity contribution is 0.546. The average molecular weight is 316 g/mol. The first kappa shape index (κ1) is 15.4. The first-order valence-corrected chi connectivity index (χ1v) is 8.64. The zero-order valence-electron chi connectivity index (χ0n) is 14.3. The smallest absolute Gasteiger partial charge is 0.0352 e. The lowest BCUT2D eigenvalue weighted by atomic mass is 9.82. The van der Waals surface area contributed by atoms with Crippen LogP contribution in [0.3, 0.4) is 0 Å². The lowest BCUT2D eigenvalue weighted by Gasteiger charge is -2.29. The van der Waals surface area contributed by atoms with Crippen molar-refractivity contribution in [3.8, 4) is 0 Å². The lowest BCUT2D eigenvalue weighted by Crippen LogP contribution is -2.32. The normalized spacial score (nSPS) is 17.7. The molecule has 0 saturated heterocycles. The molecule has 0 amide bonds. The number of nitrogens with one attached hydrogen (secondary N) is 1. The van der Waals surface area contributed by atoms with Gasteiger partial charge in [0.1, 0.15) is 0 Å². The first-order valence-electron chi connectivity index (χ1n) is 8.64. The van der Waals surface area contributed by atoms with Crippen LogP contribution in [0.25, 0.3) is 10.8 Å². The summed E-state index contributed by atoms with van der Waals surface area (Å²) in [6, 6.07) is 22.1. The largest absolute Gasteiger partial charge is 0.322 e. The molecular weight excluding hydrogens is 292 g/mol. The van der Waals surface area contributed by atoms with Gasteiger partial charge in [-0.05, 0) is 46.9 Å². The molecule has 0 fully saturated rings. The monoisotopic (exact) mass is 316 g/mol. The Morgan fingerprint density at radius 1 is 0.958 bits per heavy atom. The fourth-order valence-electron chi connectivity index (χ4n) is 3.68. The average Bonchev–Trinajstić information content (AvgIpc) is 2.59. The van der Waals surface area contributed by atoms with E-state index in [2.05, 4.69) is 79.8 Å². The van der Waals surface area contributed by atoms with Crippen molar-refractivity contribution in [2.45, 2.75) is 31.8 Å². The summed E-state index contributed by atoms with van der Waals surface area (Å²) in [7, 11) is 0. The molecule has 0 aromatic heterocycles. The van der Waals surface area contributed by atoms with Gasteiger partial charge in [-0.1, -0.05) is 60.7 Å². The molecule has 1 unspecified atom stereocenters. The Kier molecular flexibility index (Phi) is 3.67. The van der Waals surface area contributed by atoms with Gasteiger partial charge >= 0.3 is 0 Å². The van der Waals surface area contributed by atoms with Crippen LogP contribution in [-0.4, -0.2) is 6.54 Å².